The molecule has 1 aromatic carbocycles. The van der Waals surface area contributed by atoms with E-state index in [0.717, 1.165) is 32.2 Å². The van der Waals surface area contributed by atoms with Crippen LogP contribution in [0.1, 0.15) is 37.3 Å². The summed E-state index contributed by atoms with van der Waals surface area (Å²) in [7, 11) is 0. The maximum atomic E-state index is 10.8. The number of carboxylic acid groups (broad SMARTS) is 1. The summed E-state index contributed by atoms with van der Waals surface area (Å²) in [5.41, 5.74) is 2.91. The number of carboxylic acids is 1. The van der Waals surface area contributed by atoms with Crippen LogP contribution >= 0.6 is 0 Å². The van der Waals surface area contributed by atoms with Crippen molar-refractivity contribution in [3.8, 4) is 0 Å². The van der Waals surface area contributed by atoms with E-state index in [9.17, 15) is 4.79 Å². The summed E-state index contributed by atoms with van der Waals surface area (Å²) >= 11 is 0. The van der Waals surface area contributed by atoms with Crippen molar-refractivity contribution in [2.24, 2.45) is 0 Å². The normalized spacial score (nSPS) is 18.3. The van der Waals surface area contributed by atoms with E-state index in [2.05, 4.69) is 36.1 Å². The Kier molecular flexibility index (Phi) is 4.97. The first-order valence-corrected chi connectivity index (χ1v) is 7.23. The van der Waals surface area contributed by atoms with Crippen LogP contribution in [-0.2, 0) is 17.6 Å². The molecule has 0 spiro atoms. The fourth-order valence-electron chi connectivity index (χ4n) is 2.99. The highest BCUT2D eigenvalue weighted by Gasteiger charge is 2.23. The summed E-state index contributed by atoms with van der Waals surface area (Å²) in [6.07, 6.45) is 4.66. The summed E-state index contributed by atoms with van der Waals surface area (Å²) in [6.45, 7) is 3.83. The molecular formula is C16H23NO2. The summed E-state index contributed by atoms with van der Waals surface area (Å²) in [6, 6.07) is 9.14. The van der Waals surface area contributed by atoms with Crippen LogP contribution in [0.25, 0.3) is 0 Å². The van der Waals surface area contributed by atoms with E-state index in [1.54, 1.807) is 0 Å². The standard InChI is InChI=1S/C16H23NO2/c1-2-10-17(11-9-16(18)19)15-8-7-13-5-3-4-6-14(13)12-15/h3-6,15H,2,7-12H2,1H3,(H,18,19). The number of hydrogen-bond acceptors (Lipinski definition) is 2. The number of hydrogen-bond donors (Lipinski definition) is 1. The highest BCUT2D eigenvalue weighted by atomic mass is 16.4. The molecule has 0 heterocycles. The van der Waals surface area contributed by atoms with Crippen LogP contribution in [0.4, 0.5) is 0 Å². The minimum absolute atomic E-state index is 0.248. The van der Waals surface area contributed by atoms with Gasteiger partial charge in [-0.2, -0.15) is 0 Å². The molecule has 2 rings (SSSR count). The van der Waals surface area contributed by atoms with Crippen LogP contribution in [0, 0.1) is 0 Å². The van der Waals surface area contributed by atoms with Gasteiger partial charge in [0.05, 0.1) is 6.42 Å². The van der Waals surface area contributed by atoms with Gasteiger partial charge in [-0.1, -0.05) is 31.2 Å². The molecule has 0 saturated heterocycles. The molecule has 1 N–H and O–H groups in total. The van der Waals surface area contributed by atoms with Crippen LogP contribution in [0.5, 0.6) is 0 Å². The van der Waals surface area contributed by atoms with E-state index in [1.165, 1.54) is 11.1 Å². The molecule has 19 heavy (non-hydrogen) atoms. The highest BCUT2D eigenvalue weighted by molar-refractivity contribution is 5.66. The summed E-state index contributed by atoms with van der Waals surface area (Å²) in [4.78, 5) is 13.1. The van der Waals surface area contributed by atoms with Crippen LogP contribution in [0.15, 0.2) is 24.3 Å². The van der Waals surface area contributed by atoms with Crippen molar-refractivity contribution >= 4 is 5.97 Å². The summed E-state index contributed by atoms with van der Waals surface area (Å²) in [5.74, 6) is -0.697. The first-order valence-electron chi connectivity index (χ1n) is 7.23. The van der Waals surface area contributed by atoms with Gasteiger partial charge >= 0.3 is 5.97 Å². The summed E-state index contributed by atoms with van der Waals surface area (Å²) in [5, 5.41) is 8.86. The average Bonchev–Trinajstić information content (AvgIpc) is 2.42. The quantitative estimate of drug-likeness (QED) is 0.856. The first kappa shape index (κ1) is 14.1. The van der Waals surface area contributed by atoms with E-state index in [4.69, 9.17) is 5.11 Å². The monoisotopic (exact) mass is 261 g/mol. The van der Waals surface area contributed by atoms with Gasteiger partial charge in [0.2, 0.25) is 0 Å². The van der Waals surface area contributed by atoms with Crippen molar-refractivity contribution in [3.05, 3.63) is 35.4 Å². The van der Waals surface area contributed by atoms with Gasteiger partial charge in [0, 0.05) is 12.6 Å². The number of aliphatic carboxylic acids is 1. The largest absolute Gasteiger partial charge is 0.481 e. The number of rotatable bonds is 6. The predicted octanol–water partition coefficient (Wildman–Crippen LogP) is 2.73. The lowest BCUT2D eigenvalue weighted by Gasteiger charge is -2.34. The van der Waals surface area contributed by atoms with Gasteiger partial charge in [0.25, 0.3) is 0 Å². The lowest BCUT2D eigenvalue weighted by molar-refractivity contribution is -0.137. The Morgan fingerprint density at radius 2 is 2.05 bits per heavy atom. The molecule has 0 aromatic heterocycles. The molecule has 1 aromatic rings. The fraction of sp³-hybridized carbons (Fsp3) is 0.562. The van der Waals surface area contributed by atoms with E-state index in [1.807, 2.05) is 0 Å². The third-order valence-electron chi connectivity index (χ3n) is 3.96. The molecule has 3 nitrogen and oxygen atoms in total. The van der Waals surface area contributed by atoms with Gasteiger partial charge in [0.1, 0.15) is 0 Å². The van der Waals surface area contributed by atoms with Gasteiger partial charge < -0.3 is 5.11 Å². The second-order valence-electron chi connectivity index (χ2n) is 5.35. The highest BCUT2D eigenvalue weighted by Crippen LogP contribution is 2.24. The van der Waals surface area contributed by atoms with Crippen LogP contribution in [0.3, 0.4) is 0 Å². The number of aryl methyl sites for hydroxylation is 1. The molecule has 1 aliphatic carbocycles. The molecule has 0 aliphatic heterocycles. The molecule has 0 saturated carbocycles. The van der Waals surface area contributed by atoms with Crippen molar-refractivity contribution in [2.75, 3.05) is 13.1 Å². The Labute approximate surface area is 115 Å². The lowest BCUT2D eigenvalue weighted by atomic mass is 9.87. The van der Waals surface area contributed by atoms with Crippen molar-refractivity contribution in [1.29, 1.82) is 0 Å². The van der Waals surface area contributed by atoms with Gasteiger partial charge in [-0.25, -0.2) is 0 Å². The van der Waals surface area contributed by atoms with Crippen molar-refractivity contribution in [1.82, 2.24) is 4.90 Å². The summed E-state index contributed by atoms with van der Waals surface area (Å²) < 4.78 is 0. The molecule has 0 fully saturated rings. The Hall–Kier alpha value is -1.35. The molecule has 0 bridgehead atoms. The Morgan fingerprint density at radius 1 is 1.32 bits per heavy atom. The first-order chi connectivity index (χ1) is 9.20. The van der Waals surface area contributed by atoms with Gasteiger partial charge in [-0.3, -0.25) is 9.69 Å². The topological polar surface area (TPSA) is 40.5 Å². The van der Waals surface area contributed by atoms with E-state index in [0.29, 0.717) is 12.6 Å². The number of benzene rings is 1. The van der Waals surface area contributed by atoms with Gasteiger partial charge in [0.15, 0.2) is 0 Å². The zero-order chi connectivity index (χ0) is 13.7. The number of carbonyl (C=O) groups is 1. The molecule has 3 heteroatoms. The van der Waals surface area contributed by atoms with Crippen molar-refractivity contribution in [3.63, 3.8) is 0 Å². The maximum absolute atomic E-state index is 10.8. The van der Waals surface area contributed by atoms with E-state index in [-0.39, 0.29) is 6.42 Å². The third kappa shape index (κ3) is 3.80. The Morgan fingerprint density at radius 3 is 2.74 bits per heavy atom. The smallest absolute Gasteiger partial charge is 0.304 e. The van der Waals surface area contributed by atoms with Gasteiger partial charge in [-0.15, -0.1) is 0 Å². The van der Waals surface area contributed by atoms with Crippen LogP contribution in [0.2, 0.25) is 0 Å². The molecule has 0 radical (unpaired) electrons. The molecule has 1 atom stereocenters. The number of fused-ring (bicyclic) bond motifs is 1. The Bertz CT molecular complexity index is 431. The Balaban J connectivity index is 2.01. The minimum Gasteiger partial charge on any atom is -0.481 e. The lowest BCUT2D eigenvalue weighted by Crippen LogP contribution is -2.41. The molecule has 104 valence electrons. The van der Waals surface area contributed by atoms with Crippen LogP contribution < -0.4 is 0 Å². The minimum atomic E-state index is -0.697. The third-order valence-corrected chi connectivity index (χ3v) is 3.96. The fourth-order valence-corrected chi connectivity index (χ4v) is 2.99. The number of nitrogens with zero attached hydrogens (tertiary/aromatic N) is 1. The van der Waals surface area contributed by atoms with Crippen molar-refractivity contribution < 1.29 is 9.90 Å². The maximum Gasteiger partial charge on any atom is 0.304 e. The van der Waals surface area contributed by atoms with Crippen molar-refractivity contribution in [2.45, 2.75) is 45.1 Å². The molecule has 1 aliphatic rings. The van der Waals surface area contributed by atoms with E-state index < -0.39 is 5.97 Å². The zero-order valence-electron chi connectivity index (χ0n) is 11.6. The molecular weight excluding hydrogens is 238 g/mol. The molecule has 1 unspecified atom stereocenters. The van der Waals surface area contributed by atoms with Crippen LogP contribution in [-0.4, -0.2) is 35.1 Å². The zero-order valence-corrected chi connectivity index (χ0v) is 11.6. The second kappa shape index (κ2) is 6.71. The van der Waals surface area contributed by atoms with Gasteiger partial charge in [-0.05, 0) is 43.4 Å². The van der Waals surface area contributed by atoms with E-state index >= 15 is 0 Å². The predicted molar refractivity (Wildman–Crippen MR) is 76.4 cm³/mol. The average molecular weight is 261 g/mol. The SMILES string of the molecule is CCCN(CCC(=O)O)C1CCc2ccccc2C1. The molecule has 0 amide bonds. The second-order valence-corrected chi connectivity index (χ2v) is 5.35.